The quantitative estimate of drug-likeness (QED) is 0.510. The zero-order valence-corrected chi connectivity index (χ0v) is 17.2. The third-order valence-electron chi connectivity index (χ3n) is 4.70. The molecule has 0 saturated carbocycles. The first-order valence-electron chi connectivity index (χ1n) is 9.57. The molecule has 0 N–H and O–H groups in total. The summed E-state index contributed by atoms with van der Waals surface area (Å²) in [5.74, 6) is 0.0104. The lowest BCUT2D eigenvalue weighted by Crippen LogP contribution is -2.38. The highest BCUT2D eigenvalue weighted by molar-refractivity contribution is 6.36. The van der Waals surface area contributed by atoms with Crippen LogP contribution in [0.5, 0.6) is 5.75 Å². The number of methoxy groups -OCH3 is 3. The van der Waals surface area contributed by atoms with E-state index < -0.39 is 0 Å². The van der Waals surface area contributed by atoms with Gasteiger partial charge in [0.05, 0.1) is 25.9 Å². The van der Waals surface area contributed by atoms with Crippen LogP contribution in [0.25, 0.3) is 5.57 Å². The van der Waals surface area contributed by atoms with Crippen LogP contribution in [-0.4, -0.2) is 75.8 Å². The number of rotatable bonds is 12. The summed E-state index contributed by atoms with van der Waals surface area (Å²) in [5, 5.41) is 0. The first-order chi connectivity index (χ1) is 13.6. The van der Waals surface area contributed by atoms with E-state index in [2.05, 4.69) is 0 Å². The van der Waals surface area contributed by atoms with Gasteiger partial charge in [-0.25, -0.2) is 0 Å². The smallest absolute Gasteiger partial charge is 0.277 e. The van der Waals surface area contributed by atoms with Crippen LogP contribution in [0.2, 0.25) is 0 Å². The highest BCUT2D eigenvalue weighted by atomic mass is 16.5. The van der Waals surface area contributed by atoms with Crippen LogP contribution in [0.1, 0.15) is 25.3 Å². The molecule has 0 aliphatic carbocycles. The summed E-state index contributed by atoms with van der Waals surface area (Å²) in [6.07, 6.45) is 1.66. The van der Waals surface area contributed by atoms with Gasteiger partial charge in [-0.2, -0.15) is 0 Å². The Balaban J connectivity index is 2.56. The van der Waals surface area contributed by atoms with Gasteiger partial charge >= 0.3 is 0 Å². The number of para-hydroxylation sites is 1. The lowest BCUT2D eigenvalue weighted by molar-refractivity contribution is -0.137. The summed E-state index contributed by atoms with van der Waals surface area (Å²) < 4.78 is 15.9. The van der Waals surface area contributed by atoms with Crippen LogP contribution < -0.4 is 4.74 Å². The monoisotopic (exact) mass is 390 g/mol. The minimum Gasteiger partial charge on any atom is -0.496 e. The van der Waals surface area contributed by atoms with Gasteiger partial charge in [0.15, 0.2) is 0 Å². The zero-order chi connectivity index (χ0) is 20.5. The second-order valence-corrected chi connectivity index (χ2v) is 6.51. The molecule has 0 spiro atoms. The summed E-state index contributed by atoms with van der Waals surface area (Å²) in [6.45, 7) is 4.26. The molecule has 1 aliphatic rings. The first kappa shape index (κ1) is 21.9. The topological polar surface area (TPSA) is 68.3 Å². The zero-order valence-electron chi connectivity index (χ0n) is 17.2. The number of hydrogen-bond acceptors (Lipinski definition) is 6. The Bertz CT molecular complexity index is 709. The molecule has 1 heterocycles. The third kappa shape index (κ3) is 4.72. The Labute approximate surface area is 166 Å². The molecule has 7 heteroatoms. The van der Waals surface area contributed by atoms with E-state index in [1.165, 1.54) is 4.90 Å². The van der Waals surface area contributed by atoms with E-state index in [4.69, 9.17) is 14.2 Å². The Hall–Kier alpha value is -2.38. The molecule has 0 fully saturated rings. The van der Waals surface area contributed by atoms with E-state index in [1.807, 2.05) is 30.0 Å². The fourth-order valence-corrected chi connectivity index (χ4v) is 3.21. The molecule has 0 saturated heterocycles. The maximum Gasteiger partial charge on any atom is 0.277 e. The minimum absolute atomic E-state index is 0.272. The van der Waals surface area contributed by atoms with Gasteiger partial charge in [0, 0.05) is 39.4 Å². The number of carbonyl (C=O) groups is 2. The third-order valence-corrected chi connectivity index (χ3v) is 4.70. The fraction of sp³-hybridized carbons (Fsp3) is 0.524. The van der Waals surface area contributed by atoms with Gasteiger partial charge < -0.3 is 19.1 Å². The second-order valence-electron chi connectivity index (χ2n) is 6.51. The highest BCUT2D eigenvalue weighted by Crippen LogP contribution is 2.36. The van der Waals surface area contributed by atoms with Crippen LogP contribution in [0, 0.1) is 0 Å². The lowest BCUT2D eigenvalue weighted by Gasteiger charge is -2.25. The molecule has 0 atom stereocenters. The second kappa shape index (κ2) is 10.8. The van der Waals surface area contributed by atoms with Crippen molar-refractivity contribution >= 4 is 17.4 Å². The minimum atomic E-state index is -0.280. The molecule has 0 bridgehead atoms. The highest BCUT2D eigenvalue weighted by Gasteiger charge is 2.41. The average Bonchev–Trinajstić information content (AvgIpc) is 2.96. The summed E-state index contributed by atoms with van der Waals surface area (Å²) in [5.41, 5.74) is 1.39. The molecule has 2 rings (SSSR count). The number of carbonyl (C=O) groups excluding carboxylic acids is 2. The number of hydrogen-bond donors (Lipinski definition) is 0. The van der Waals surface area contributed by atoms with E-state index in [1.54, 1.807) is 27.4 Å². The van der Waals surface area contributed by atoms with Crippen molar-refractivity contribution in [2.75, 3.05) is 54.2 Å². The van der Waals surface area contributed by atoms with Crippen molar-refractivity contribution in [3.63, 3.8) is 0 Å². The van der Waals surface area contributed by atoms with E-state index in [0.29, 0.717) is 55.4 Å². The Kier molecular flexibility index (Phi) is 8.47. The molecule has 1 aliphatic heterocycles. The predicted octanol–water partition coefficient (Wildman–Crippen LogP) is 2.17. The largest absolute Gasteiger partial charge is 0.496 e. The molecule has 7 nitrogen and oxygen atoms in total. The maximum absolute atomic E-state index is 13.3. The van der Waals surface area contributed by atoms with Crippen LogP contribution in [0.15, 0.2) is 30.0 Å². The van der Waals surface area contributed by atoms with Crippen LogP contribution in [0.4, 0.5) is 0 Å². The van der Waals surface area contributed by atoms with E-state index in [-0.39, 0.29) is 11.8 Å². The molecule has 0 aromatic heterocycles. The van der Waals surface area contributed by atoms with Gasteiger partial charge in [0.1, 0.15) is 11.4 Å². The molecule has 1 aromatic rings. The van der Waals surface area contributed by atoms with E-state index in [9.17, 15) is 9.59 Å². The number of ether oxygens (including phenoxy) is 3. The van der Waals surface area contributed by atoms with E-state index in [0.717, 1.165) is 12.8 Å². The van der Waals surface area contributed by atoms with Gasteiger partial charge in [-0.15, -0.1) is 0 Å². The standard InChI is InChI=1S/C21H30N2O5/c1-5-6-11-23-20(24)18(16-9-7-8-10-17(16)28-4)19(21(23)25)22(12-14-26-2)13-15-27-3/h7-10H,5-6,11-15H2,1-4H3. The van der Waals surface area contributed by atoms with Crippen LogP contribution in [0.3, 0.4) is 0 Å². The predicted molar refractivity (Wildman–Crippen MR) is 107 cm³/mol. The van der Waals surface area contributed by atoms with Crippen LogP contribution >= 0.6 is 0 Å². The van der Waals surface area contributed by atoms with Crippen LogP contribution in [-0.2, 0) is 19.1 Å². The van der Waals surface area contributed by atoms with Crippen molar-refractivity contribution in [2.24, 2.45) is 0 Å². The number of unbranched alkanes of at least 4 members (excludes halogenated alkanes) is 1. The number of imide groups is 1. The molecule has 2 amide bonds. The molecule has 154 valence electrons. The molecular weight excluding hydrogens is 360 g/mol. The molecule has 1 aromatic carbocycles. The van der Waals surface area contributed by atoms with Gasteiger partial charge in [-0.1, -0.05) is 31.5 Å². The fourth-order valence-electron chi connectivity index (χ4n) is 3.21. The SMILES string of the molecule is CCCCN1C(=O)C(c2ccccc2OC)=C(N(CCOC)CCOC)C1=O. The average molecular weight is 390 g/mol. The summed E-state index contributed by atoms with van der Waals surface area (Å²) >= 11 is 0. The normalized spacial score (nSPS) is 14.2. The maximum atomic E-state index is 13.3. The number of amides is 2. The van der Waals surface area contributed by atoms with Crippen molar-refractivity contribution in [1.29, 1.82) is 0 Å². The van der Waals surface area contributed by atoms with Crippen molar-refractivity contribution in [2.45, 2.75) is 19.8 Å². The summed E-state index contributed by atoms with van der Waals surface area (Å²) in [6, 6.07) is 7.28. The van der Waals surface area contributed by atoms with Crippen molar-refractivity contribution in [3.8, 4) is 5.75 Å². The Morgan fingerprint density at radius 3 is 2.18 bits per heavy atom. The van der Waals surface area contributed by atoms with Crippen molar-refractivity contribution in [3.05, 3.63) is 35.5 Å². The molecule has 0 unspecified atom stereocenters. The number of nitrogens with zero attached hydrogens (tertiary/aromatic N) is 2. The molecular formula is C21H30N2O5. The van der Waals surface area contributed by atoms with E-state index >= 15 is 0 Å². The Morgan fingerprint density at radius 2 is 1.61 bits per heavy atom. The first-order valence-corrected chi connectivity index (χ1v) is 9.57. The van der Waals surface area contributed by atoms with Gasteiger partial charge in [0.25, 0.3) is 11.8 Å². The number of benzene rings is 1. The summed E-state index contributed by atoms with van der Waals surface area (Å²) in [4.78, 5) is 29.7. The van der Waals surface area contributed by atoms with Gasteiger partial charge in [0.2, 0.25) is 0 Å². The van der Waals surface area contributed by atoms with Gasteiger partial charge in [-0.3, -0.25) is 14.5 Å². The Morgan fingerprint density at radius 1 is 0.964 bits per heavy atom. The summed E-state index contributed by atoms with van der Waals surface area (Å²) in [7, 11) is 4.78. The lowest BCUT2D eigenvalue weighted by atomic mass is 10.0. The van der Waals surface area contributed by atoms with Gasteiger partial charge in [-0.05, 0) is 12.5 Å². The molecule has 28 heavy (non-hydrogen) atoms. The van der Waals surface area contributed by atoms with Crippen molar-refractivity contribution in [1.82, 2.24) is 9.80 Å². The van der Waals surface area contributed by atoms with Crippen molar-refractivity contribution < 1.29 is 23.8 Å². The molecule has 0 radical (unpaired) electrons.